The highest BCUT2D eigenvalue weighted by Gasteiger charge is 2.51. The van der Waals surface area contributed by atoms with Gasteiger partial charge in [0, 0.05) is 27.8 Å². The Hall–Kier alpha value is -9.25. The summed E-state index contributed by atoms with van der Waals surface area (Å²) in [5, 5.41) is 4.97. The van der Waals surface area contributed by atoms with E-state index in [1.807, 2.05) is 24.3 Å². The second-order valence-electron chi connectivity index (χ2n) is 19.4. The van der Waals surface area contributed by atoms with Gasteiger partial charge in [0.2, 0.25) is 0 Å². The van der Waals surface area contributed by atoms with E-state index in [9.17, 15) is 0 Å². The molecule has 336 valence electrons. The van der Waals surface area contributed by atoms with Gasteiger partial charge in [-0.25, -0.2) is 15.0 Å². The number of para-hydroxylation sites is 3. The summed E-state index contributed by atoms with van der Waals surface area (Å²) < 4.78 is 2.52. The number of hydrogen-bond acceptors (Lipinski definition) is 3. The van der Waals surface area contributed by atoms with E-state index in [4.69, 9.17) is 15.0 Å². The van der Waals surface area contributed by atoms with Gasteiger partial charge in [0.1, 0.15) is 5.82 Å². The van der Waals surface area contributed by atoms with Crippen molar-refractivity contribution in [2.24, 2.45) is 0 Å². The molecular formula is C68H44N4. The molecule has 0 N–H and O–H groups in total. The zero-order valence-corrected chi connectivity index (χ0v) is 39.2. The molecule has 1 spiro atoms. The van der Waals surface area contributed by atoms with Crippen LogP contribution in [0.5, 0.6) is 0 Å². The molecule has 10 aromatic carbocycles. The quantitative estimate of drug-likeness (QED) is 0.167. The fraction of sp³-hybridized carbons (Fsp3) is 0.0441. The molecule has 12 aromatic rings. The van der Waals surface area contributed by atoms with Crippen LogP contribution in [0.3, 0.4) is 0 Å². The highest BCUT2D eigenvalue weighted by molar-refractivity contribution is 6.13. The van der Waals surface area contributed by atoms with Crippen molar-refractivity contribution in [3.05, 3.63) is 282 Å². The third-order valence-corrected chi connectivity index (χ3v) is 15.6. The molecule has 0 saturated heterocycles. The number of nitrogens with zero attached hydrogens (tertiary/aromatic N) is 4. The van der Waals surface area contributed by atoms with E-state index in [-0.39, 0.29) is 5.92 Å². The van der Waals surface area contributed by atoms with Crippen LogP contribution in [-0.4, -0.2) is 19.5 Å². The first-order valence-corrected chi connectivity index (χ1v) is 25.0. The molecular weight excluding hydrogens is 873 g/mol. The Balaban J connectivity index is 0.915. The van der Waals surface area contributed by atoms with E-state index < -0.39 is 5.41 Å². The second kappa shape index (κ2) is 15.9. The first-order chi connectivity index (χ1) is 35.7. The molecule has 2 aromatic heterocycles. The summed E-state index contributed by atoms with van der Waals surface area (Å²) in [6, 6.07) is 84.1. The molecule has 0 bridgehead atoms. The molecule has 2 atom stereocenters. The number of hydrogen-bond donors (Lipinski definition) is 0. The molecule has 2 aliphatic carbocycles. The predicted molar refractivity (Wildman–Crippen MR) is 295 cm³/mol. The second-order valence-corrected chi connectivity index (χ2v) is 19.4. The number of rotatable bonds is 6. The third-order valence-electron chi connectivity index (χ3n) is 15.6. The van der Waals surface area contributed by atoms with Crippen LogP contribution in [0.15, 0.2) is 249 Å². The van der Waals surface area contributed by atoms with Crippen LogP contribution in [-0.2, 0) is 5.41 Å². The number of allylic oxidation sites excluding steroid dienone is 4. The molecule has 0 radical (unpaired) electrons. The van der Waals surface area contributed by atoms with Crippen LogP contribution in [0.25, 0.3) is 100.0 Å². The van der Waals surface area contributed by atoms with E-state index in [1.54, 1.807) is 0 Å². The molecule has 2 unspecified atom stereocenters. The van der Waals surface area contributed by atoms with Gasteiger partial charge in [-0.2, -0.15) is 0 Å². The average molecular weight is 917 g/mol. The third kappa shape index (κ3) is 5.96. The number of benzene rings is 10. The van der Waals surface area contributed by atoms with Gasteiger partial charge in [-0.1, -0.05) is 231 Å². The minimum Gasteiger partial charge on any atom is -0.309 e. The molecule has 4 nitrogen and oxygen atoms in total. The number of aromatic nitrogens is 4. The minimum absolute atomic E-state index is 0.0894. The van der Waals surface area contributed by atoms with E-state index >= 15 is 0 Å². The van der Waals surface area contributed by atoms with Crippen molar-refractivity contribution < 1.29 is 0 Å². The van der Waals surface area contributed by atoms with Crippen LogP contribution in [0, 0.1) is 0 Å². The van der Waals surface area contributed by atoms with Gasteiger partial charge in [-0.05, 0) is 102 Å². The maximum Gasteiger partial charge on any atom is 0.163 e. The summed E-state index contributed by atoms with van der Waals surface area (Å²) in [7, 11) is 0. The van der Waals surface area contributed by atoms with E-state index in [0.29, 0.717) is 11.6 Å². The monoisotopic (exact) mass is 916 g/mol. The highest BCUT2D eigenvalue weighted by atomic mass is 15.0. The van der Waals surface area contributed by atoms with E-state index in [0.717, 1.165) is 34.5 Å². The molecule has 1 aliphatic heterocycles. The molecule has 3 heterocycles. The van der Waals surface area contributed by atoms with Crippen molar-refractivity contribution in [2.45, 2.75) is 17.8 Å². The van der Waals surface area contributed by atoms with Gasteiger partial charge >= 0.3 is 0 Å². The molecule has 0 saturated carbocycles. The minimum atomic E-state index is -0.552. The van der Waals surface area contributed by atoms with Crippen molar-refractivity contribution in [3.63, 3.8) is 0 Å². The summed E-state index contributed by atoms with van der Waals surface area (Å²) in [4.78, 5) is 15.7. The molecule has 72 heavy (non-hydrogen) atoms. The SMILES string of the molecule is C1=CC(c2c(-c3ccc4c(c3)C3(c5ccccc5-4)c4ccccc4-n4c5ccccc5c5cccc3c54)ccc3ccccc23)=CC(c2nc(-c3ccccc3)nc(-c3ccc(-c4ccccc4)cc3)n2)C1. The summed E-state index contributed by atoms with van der Waals surface area (Å²) in [6.07, 6.45) is 7.79. The summed E-state index contributed by atoms with van der Waals surface area (Å²) >= 11 is 0. The van der Waals surface area contributed by atoms with Crippen LogP contribution in [0.1, 0.15) is 46.0 Å². The van der Waals surface area contributed by atoms with Crippen molar-refractivity contribution >= 4 is 38.2 Å². The molecule has 0 amide bonds. The van der Waals surface area contributed by atoms with Gasteiger partial charge < -0.3 is 4.57 Å². The first kappa shape index (κ1) is 40.6. The van der Waals surface area contributed by atoms with Gasteiger partial charge in [0.15, 0.2) is 11.6 Å². The number of fused-ring (bicyclic) bond motifs is 13. The Morgan fingerprint density at radius 1 is 0.417 bits per heavy atom. The normalized spacial score (nSPS) is 16.2. The molecule has 3 aliphatic rings. The van der Waals surface area contributed by atoms with Gasteiger partial charge in [-0.3, -0.25) is 0 Å². The largest absolute Gasteiger partial charge is 0.309 e. The standard InChI is InChI=1S/C68H44N4/c1-3-17-43(18-4-1)44-33-35-47(36-34-44)66-69-65(46-20-5-2-6-21-46)70-67(71-66)50-23-15-22-49(41-50)63-51-24-8-7-19-45(51)37-39-52(63)48-38-40-54-53-25-9-11-28-57(53)68(60(54)42-48)58-29-12-14-32-62(58)72-61-31-13-10-26-55(61)56-27-16-30-59(68)64(56)72/h1-22,24-42,50H,23H2. The predicted octanol–water partition coefficient (Wildman–Crippen LogP) is 16.6. The zero-order chi connectivity index (χ0) is 47.3. The maximum absolute atomic E-state index is 5.30. The van der Waals surface area contributed by atoms with Crippen molar-refractivity contribution in [1.82, 2.24) is 19.5 Å². The summed E-state index contributed by atoms with van der Waals surface area (Å²) in [5.41, 5.74) is 20.0. The Bertz CT molecular complexity index is 4240. The van der Waals surface area contributed by atoms with Crippen LogP contribution >= 0.6 is 0 Å². The fourth-order valence-corrected chi connectivity index (χ4v) is 12.4. The van der Waals surface area contributed by atoms with Gasteiger partial charge in [0.05, 0.1) is 22.1 Å². The van der Waals surface area contributed by atoms with E-state index in [1.165, 1.54) is 93.9 Å². The zero-order valence-electron chi connectivity index (χ0n) is 39.2. The van der Waals surface area contributed by atoms with Crippen molar-refractivity contribution in [2.75, 3.05) is 0 Å². The van der Waals surface area contributed by atoms with Crippen molar-refractivity contribution in [1.29, 1.82) is 0 Å². The van der Waals surface area contributed by atoms with Crippen molar-refractivity contribution in [3.8, 4) is 61.8 Å². The molecule has 0 fully saturated rings. The fourth-order valence-electron chi connectivity index (χ4n) is 12.4. The molecule has 15 rings (SSSR count). The average Bonchev–Trinajstić information content (AvgIpc) is 3.96. The molecule has 4 heteroatoms. The van der Waals surface area contributed by atoms with Gasteiger partial charge in [0.25, 0.3) is 0 Å². The Morgan fingerprint density at radius 2 is 1.01 bits per heavy atom. The first-order valence-electron chi connectivity index (χ1n) is 25.0. The Kier molecular flexibility index (Phi) is 8.97. The van der Waals surface area contributed by atoms with Crippen LogP contribution < -0.4 is 0 Å². The lowest BCUT2D eigenvalue weighted by molar-refractivity contribution is 0.749. The highest BCUT2D eigenvalue weighted by Crippen LogP contribution is 2.61. The van der Waals surface area contributed by atoms with Gasteiger partial charge in [-0.15, -0.1) is 0 Å². The lowest BCUT2D eigenvalue weighted by Crippen LogP contribution is -2.33. The summed E-state index contributed by atoms with van der Waals surface area (Å²) in [6.45, 7) is 0. The Morgan fingerprint density at radius 3 is 1.85 bits per heavy atom. The maximum atomic E-state index is 5.30. The topological polar surface area (TPSA) is 43.6 Å². The lowest BCUT2D eigenvalue weighted by Gasteiger charge is -2.39. The van der Waals surface area contributed by atoms with Crippen LogP contribution in [0.4, 0.5) is 0 Å². The smallest absolute Gasteiger partial charge is 0.163 e. The summed E-state index contributed by atoms with van der Waals surface area (Å²) in [5.74, 6) is 2.01. The Labute approximate surface area is 417 Å². The van der Waals surface area contributed by atoms with Crippen LogP contribution in [0.2, 0.25) is 0 Å². The van der Waals surface area contributed by atoms with E-state index in [2.05, 4.69) is 229 Å². The lowest BCUT2D eigenvalue weighted by atomic mass is 9.65.